The van der Waals surface area contributed by atoms with Gasteiger partial charge in [-0.2, -0.15) is 0 Å². The molecule has 0 bridgehead atoms. The van der Waals surface area contributed by atoms with Crippen molar-refractivity contribution in [3.05, 3.63) is 70.4 Å². The standard InChI is InChI=1S/C27H32N4O4S/c1-17(2)22(30-23(32)19-8-10-20(11-9-19)27(3,4)5)24(33)29-13-14-31-25(34)21(36-26(31)35)15-18-7-6-12-28-16-18/h6-12,15-17,22H,13-14H2,1-5H3,(H,29,33)(H,30,32)/b21-15+/t22-/m0/s1. The number of thioether (sulfide) groups is 1. The second-order valence-corrected chi connectivity index (χ2v) is 10.9. The Labute approximate surface area is 215 Å². The lowest BCUT2D eigenvalue weighted by Crippen LogP contribution is -2.51. The van der Waals surface area contributed by atoms with Crippen molar-refractivity contribution in [3.63, 3.8) is 0 Å². The van der Waals surface area contributed by atoms with Crippen molar-refractivity contribution in [3.8, 4) is 0 Å². The molecule has 1 saturated heterocycles. The Kier molecular flexibility index (Phi) is 8.68. The number of benzene rings is 1. The third-order valence-electron chi connectivity index (χ3n) is 5.74. The van der Waals surface area contributed by atoms with Gasteiger partial charge >= 0.3 is 0 Å². The Hall–Kier alpha value is -3.46. The van der Waals surface area contributed by atoms with Crippen molar-refractivity contribution in [1.82, 2.24) is 20.5 Å². The number of hydrogen-bond acceptors (Lipinski definition) is 6. The highest BCUT2D eigenvalue weighted by Crippen LogP contribution is 2.31. The highest BCUT2D eigenvalue weighted by molar-refractivity contribution is 8.18. The monoisotopic (exact) mass is 508 g/mol. The molecule has 0 spiro atoms. The molecule has 1 aliphatic heterocycles. The average Bonchev–Trinajstić information content (AvgIpc) is 3.09. The van der Waals surface area contributed by atoms with E-state index in [1.165, 1.54) is 0 Å². The van der Waals surface area contributed by atoms with Gasteiger partial charge in [-0.3, -0.25) is 29.1 Å². The van der Waals surface area contributed by atoms with Crippen LogP contribution in [-0.2, 0) is 15.0 Å². The summed E-state index contributed by atoms with van der Waals surface area (Å²) in [4.78, 5) is 56.0. The molecule has 4 amide bonds. The summed E-state index contributed by atoms with van der Waals surface area (Å²) in [6.45, 7) is 10.1. The van der Waals surface area contributed by atoms with Crippen LogP contribution in [0.3, 0.4) is 0 Å². The van der Waals surface area contributed by atoms with Gasteiger partial charge < -0.3 is 10.6 Å². The predicted octanol–water partition coefficient (Wildman–Crippen LogP) is 3.99. The van der Waals surface area contributed by atoms with Crippen LogP contribution in [0.4, 0.5) is 4.79 Å². The van der Waals surface area contributed by atoms with Crippen LogP contribution in [0.5, 0.6) is 0 Å². The molecular weight excluding hydrogens is 476 g/mol. The lowest BCUT2D eigenvalue weighted by Gasteiger charge is -2.23. The largest absolute Gasteiger partial charge is 0.353 e. The van der Waals surface area contributed by atoms with Crippen LogP contribution in [0.2, 0.25) is 0 Å². The Morgan fingerprint density at radius 1 is 1.11 bits per heavy atom. The molecule has 1 fully saturated rings. The van der Waals surface area contributed by atoms with Crippen LogP contribution in [0, 0.1) is 5.92 Å². The number of nitrogens with zero attached hydrogens (tertiary/aromatic N) is 2. The third-order valence-corrected chi connectivity index (χ3v) is 6.65. The van der Waals surface area contributed by atoms with Crippen molar-refractivity contribution in [2.24, 2.45) is 5.92 Å². The minimum Gasteiger partial charge on any atom is -0.353 e. The highest BCUT2D eigenvalue weighted by Gasteiger charge is 2.35. The number of carbonyl (C=O) groups is 4. The number of rotatable bonds is 8. The third kappa shape index (κ3) is 6.81. The summed E-state index contributed by atoms with van der Waals surface area (Å²) >= 11 is 0.856. The number of nitrogens with one attached hydrogen (secondary N) is 2. The quantitative estimate of drug-likeness (QED) is 0.522. The molecular formula is C27H32N4O4S. The SMILES string of the molecule is CC(C)[C@H](NC(=O)c1ccc(C(C)(C)C)cc1)C(=O)NCCN1C(=O)S/C(=C/c2cccnc2)C1=O. The number of imide groups is 1. The number of carbonyl (C=O) groups excluding carboxylic acids is 4. The summed E-state index contributed by atoms with van der Waals surface area (Å²) in [6, 6.07) is 10.1. The van der Waals surface area contributed by atoms with E-state index in [-0.39, 0.29) is 36.2 Å². The molecule has 1 atom stereocenters. The molecule has 1 aromatic heterocycles. The lowest BCUT2D eigenvalue weighted by atomic mass is 9.86. The molecule has 3 rings (SSSR count). The van der Waals surface area contributed by atoms with Crippen LogP contribution in [0.1, 0.15) is 56.1 Å². The first kappa shape index (κ1) is 27.1. The van der Waals surface area contributed by atoms with Crippen LogP contribution in [0.25, 0.3) is 6.08 Å². The molecule has 0 aliphatic carbocycles. The molecule has 0 unspecified atom stereocenters. The number of aromatic nitrogens is 1. The van der Waals surface area contributed by atoms with Gasteiger partial charge in [0.05, 0.1) is 4.91 Å². The van der Waals surface area contributed by atoms with E-state index < -0.39 is 17.2 Å². The topological polar surface area (TPSA) is 108 Å². The maximum Gasteiger partial charge on any atom is 0.293 e. The molecule has 9 heteroatoms. The number of hydrogen-bond donors (Lipinski definition) is 2. The van der Waals surface area contributed by atoms with Gasteiger partial charge in [0.1, 0.15) is 6.04 Å². The second-order valence-electron chi connectivity index (χ2n) is 9.93. The zero-order valence-corrected chi connectivity index (χ0v) is 22.0. The van der Waals surface area contributed by atoms with E-state index in [1.807, 2.05) is 26.0 Å². The average molecular weight is 509 g/mol. The molecule has 2 aromatic rings. The summed E-state index contributed by atoms with van der Waals surface area (Å²) in [5.74, 6) is -1.28. The Morgan fingerprint density at radius 2 is 1.81 bits per heavy atom. The van der Waals surface area contributed by atoms with E-state index in [2.05, 4.69) is 36.4 Å². The fraction of sp³-hybridized carbons (Fsp3) is 0.370. The smallest absolute Gasteiger partial charge is 0.293 e. The van der Waals surface area contributed by atoms with Crippen LogP contribution in [0.15, 0.2) is 53.7 Å². The van der Waals surface area contributed by atoms with Gasteiger partial charge in [0.15, 0.2) is 0 Å². The van der Waals surface area contributed by atoms with Crippen molar-refractivity contribution in [1.29, 1.82) is 0 Å². The first-order valence-electron chi connectivity index (χ1n) is 11.8. The zero-order chi connectivity index (χ0) is 26.5. The summed E-state index contributed by atoms with van der Waals surface area (Å²) in [7, 11) is 0. The van der Waals surface area contributed by atoms with E-state index in [4.69, 9.17) is 0 Å². The van der Waals surface area contributed by atoms with Gasteiger partial charge in [0, 0.05) is 31.0 Å². The zero-order valence-electron chi connectivity index (χ0n) is 21.2. The predicted molar refractivity (Wildman–Crippen MR) is 141 cm³/mol. The van der Waals surface area contributed by atoms with E-state index in [0.29, 0.717) is 10.5 Å². The van der Waals surface area contributed by atoms with E-state index in [1.54, 1.807) is 42.7 Å². The van der Waals surface area contributed by atoms with Crippen LogP contribution >= 0.6 is 11.8 Å². The van der Waals surface area contributed by atoms with Crippen molar-refractivity contribution >= 4 is 40.8 Å². The van der Waals surface area contributed by atoms with Gasteiger partial charge in [-0.05, 0) is 58.5 Å². The van der Waals surface area contributed by atoms with Gasteiger partial charge in [-0.25, -0.2) is 0 Å². The summed E-state index contributed by atoms with van der Waals surface area (Å²) in [5.41, 5.74) is 2.28. The van der Waals surface area contributed by atoms with Gasteiger partial charge in [0.2, 0.25) is 5.91 Å². The van der Waals surface area contributed by atoms with Crippen molar-refractivity contribution in [2.75, 3.05) is 13.1 Å². The molecule has 2 heterocycles. The highest BCUT2D eigenvalue weighted by atomic mass is 32.2. The molecule has 2 N–H and O–H groups in total. The molecule has 0 saturated carbocycles. The van der Waals surface area contributed by atoms with E-state index in [0.717, 1.165) is 27.8 Å². The summed E-state index contributed by atoms with van der Waals surface area (Å²) in [5, 5.41) is 5.16. The number of amides is 4. The first-order chi connectivity index (χ1) is 17.0. The second kappa shape index (κ2) is 11.5. The molecule has 1 aromatic carbocycles. The molecule has 190 valence electrons. The summed E-state index contributed by atoms with van der Waals surface area (Å²) < 4.78 is 0. The molecule has 1 aliphatic rings. The molecule has 0 radical (unpaired) electrons. The summed E-state index contributed by atoms with van der Waals surface area (Å²) in [6.07, 6.45) is 4.85. The Morgan fingerprint density at radius 3 is 2.39 bits per heavy atom. The normalized spacial score (nSPS) is 15.9. The Bertz CT molecular complexity index is 1150. The van der Waals surface area contributed by atoms with Crippen LogP contribution < -0.4 is 10.6 Å². The van der Waals surface area contributed by atoms with Crippen molar-refractivity contribution in [2.45, 2.75) is 46.1 Å². The van der Waals surface area contributed by atoms with Crippen LogP contribution in [-0.4, -0.2) is 52.0 Å². The number of pyridine rings is 1. The first-order valence-corrected chi connectivity index (χ1v) is 12.6. The van der Waals surface area contributed by atoms with Gasteiger partial charge in [0.25, 0.3) is 17.1 Å². The molecule has 36 heavy (non-hydrogen) atoms. The maximum absolute atomic E-state index is 12.8. The van der Waals surface area contributed by atoms with Gasteiger partial charge in [-0.1, -0.05) is 52.8 Å². The lowest BCUT2D eigenvalue weighted by molar-refractivity contribution is -0.125. The fourth-order valence-electron chi connectivity index (χ4n) is 3.59. The maximum atomic E-state index is 12.8. The Balaban J connectivity index is 1.56. The van der Waals surface area contributed by atoms with Gasteiger partial charge in [-0.15, -0.1) is 0 Å². The fourth-order valence-corrected chi connectivity index (χ4v) is 4.45. The van der Waals surface area contributed by atoms with E-state index in [9.17, 15) is 19.2 Å². The van der Waals surface area contributed by atoms with Crippen molar-refractivity contribution < 1.29 is 19.2 Å². The minimum absolute atomic E-state index is 0.0265. The minimum atomic E-state index is -0.764. The van der Waals surface area contributed by atoms with E-state index >= 15 is 0 Å². The molecule has 8 nitrogen and oxygen atoms in total.